The molecule has 1 aliphatic rings. The molecule has 0 unspecified atom stereocenters. The second kappa shape index (κ2) is 7.28. The zero-order valence-electron chi connectivity index (χ0n) is 12.4. The Morgan fingerprint density at radius 2 is 2.18 bits per heavy atom. The molecule has 1 aliphatic heterocycles. The molecule has 0 saturated carbocycles. The summed E-state index contributed by atoms with van der Waals surface area (Å²) in [6.07, 6.45) is 1.70. The number of thiazole rings is 2. The topological polar surface area (TPSA) is 61.4 Å². The van der Waals surface area contributed by atoms with Crippen LogP contribution in [0.1, 0.15) is 12.6 Å². The van der Waals surface area contributed by atoms with E-state index in [-0.39, 0.29) is 11.9 Å². The van der Waals surface area contributed by atoms with Crippen molar-refractivity contribution in [2.24, 2.45) is 0 Å². The van der Waals surface area contributed by atoms with Crippen LogP contribution in [0.25, 0.3) is 0 Å². The molecule has 1 amide bonds. The first-order valence-electron chi connectivity index (χ1n) is 7.26. The number of carbonyl (C=O) groups excluding carboxylic acids is 1. The Labute approximate surface area is 137 Å². The molecule has 3 rings (SSSR count). The lowest BCUT2D eigenvalue weighted by Gasteiger charge is -2.37. The van der Waals surface area contributed by atoms with E-state index in [1.807, 2.05) is 17.8 Å². The summed E-state index contributed by atoms with van der Waals surface area (Å²) in [5.41, 5.74) is 3.00. The molecule has 1 saturated heterocycles. The summed E-state index contributed by atoms with van der Waals surface area (Å²) in [4.78, 5) is 25.3. The standard InChI is InChI=1S/C14H19N5OS2/c1-11(13(20)17-14-15-2-7-22-14)19-5-3-18(4-6-19)8-12-9-21-10-16-12/h2,7,9-11H,3-6,8H2,1H3,(H,15,17,20)/t11-/m0/s1. The molecule has 0 bridgehead atoms. The first-order chi connectivity index (χ1) is 10.7. The number of anilines is 1. The molecule has 3 heterocycles. The summed E-state index contributed by atoms with van der Waals surface area (Å²) in [5.74, 6) is 0.0166. The molecule has 1 N–H and O–H groups in total. The summed E-state index contributed by atoms with van der Waals surface area (Å²) in [5, 5.41) is 7.49. The summed E-state index contributed by atoms with van der Waals surface area (Å²) in [6, 6.07) is -0.134. The molecule has 6 nitrogen and oxygen atoms in total. The van der Waals surface area contributed by atoms with Gasteiger partial charge in [-0.1, -0.05) is 0 Å². The third-order valence-electron chi connectivity index (χ3n) is 3.87. The van der Waals surface area contributed by atoms with E-state index in [0.29, 0.717) is 5.13 Å². The highest BCUT2D eigenvalue weighted by molar-refractivity contribution is 7.13. The minimum absolute atomic E-state index is 0.0166. The van der Waals surface area contributed by atoms with Gasteiger partial charge in [0.25, 0.3) is 0 Å². The zero-order valence-corrected chi connectivity index (χ0v) is 14.1. The molecule has 1 atom stereocenters. The van der Waals surface area contributed by atoms with Crippen molar-refractivity contribution in [2.75, 3.05) is 31.5 Å². The SMILES string of the molecule is C[C@@H](C(=O)Nc1nccs1)N1CCN(Cc2cscn2)CC1. The molecule has 0 aliphatic carbocycles. The molecular weight excluding hydrogens is 318 g/mol. The molecule has 8 heteroatoms. The highest BCUT2D eigenvalue weighted by atomic mass is 32.1. The molecule has 0 spiro atoms. The maximum Gasteiger partial charge on any atom is 0.243 e. The third kappa shape index (κ3) is 3.89. The molecule has 2 aromatic rings. The molecule has 0 aromatic carbocycles. The van der Waals surface area contributed by atoms with Crippen molar-refractivity contribution >= 4 is 33.7 Å². The van der Waals surface area contributed by atoms with Gasteiger partial charge >= 0.3 is 0 Å². The Balaban J connectivity index is 1.47. The smallest absolute Gasteiger partial charge is 0.243 e. The van der Waals surface area contributed by atoms with Gasteiger partial charge in [-0.15, -0.1) is 22.7 Å². The molecule has 1 fully saturated rings. The Morgan fingerprint density at radius 1 is 1.36 bits per heavy atom. The van der Waals surface area contributed by atoms with Crippen LogP contribution in [-0.4, -0.2) is 57.9 Å². The van der Waals surface area contributed by atoms with Crippen molar-refractivity contribution in [1.29, 1.82) is 0 Å². The monoisotopic (exact) mass is 337 g/mol. The van der Waals surface area contributed by atoms with Crippen molar-refractivity contribution in [3.05, 3.63) is 28.2 Å². The Kier molecular flexibility index (Phi) is 5.14. The largest absolute Gasteiger partial charge is 0.301 e. The molecule has 2 aromatic heterocycles. The Bertz CT molecular complexity index is 578. The molecular formula is C14H19N5OS2. The van der Waals surface area contributed by atoms with Crippen LogP contribution in [0.2, 0.25) is 0 Å². The number of hydrogen-bond donors (Lipinski definition) is 1. The molecule has 0 radical (unpaired) electrons. The van der Waals surface area contributed by atoms with E-state index in [1.165, 1.54) is 11.3 Å². The third-order valence-corrected chi connectivity index (χ3v) is 5.19. The van der Waals surface area contributed by atoms with Crippen LogP contribution in [0.3, 0.4) is 0 Å². The summed E-state index contributed by atoms with van der Waals surface area (Å²) in [6.45, 7) is 6.59. The van der Waals surface area contributed by atoms with E-state index in [0.717, 1.165) is 38.4 Å². The van der Waals surface area contributed by atoms with Gasteiger partial charge in [0.2, 0.25) is 5.91 Å². The first kappa shape index (κ1) is 15.5. The number of aromatic nitrogens is 2. The van der Waals surface area contributed by atoms with Crippen LogP contribution in [-0.2, 0) is 11.3 Å². The van der Waals surface area contributed by atoms with Gasteiger partial charge in [-0.3, -0.25) is 14.6 Å². The van der Waals surface area contributed by atoms with Crippen molar-refractivity contribution in [1.82, 2.24) is 19.8 Å². The second-order valence-electron chi connectivity index (χ2n) is 5.29. The van der Waals surface area contributed by atoms with Gasteiger partial charge in [0, 0.05) is 49.7 Å². The number of amides is 1. The first-order valence-corrected chi connectivity index (χ1v) is 9.08. The van der Waals surface area contributed by atoms with Crippen LogP contribution in [0, 0.1) is 0 Å². The normalized spacial score (nSPS) is 18.2. The predicted octanol–water partition coefficient (Wildman–Crippen LogP) is 1.74. The maximum absolute atomic E-state index is 12.2. The average Bonchev–Trinajstić information content (AvgIpc) is 3.21. The van der Waals surface area contributed by atoms with E-state index in [9.17, 15) is 4.79 Å². The Hall–Kier alpha value is -1.35. The summed E-state index contributed by atoms with van der Waals surface area (Å²) < 4.78 is 0. The van der Waals surface area contributed by atoms with E-state index < -0.39 is 0 Å². The van der Waals surface area contributed by atoms with Crippen LogP contribution in [0.4, 0.5) is 5.13 Å². The van der Waals surface area contributed by atoms with Crippen LogP contribution < -0.4 is 5.32 Å². The van der Waals surface area contributed by atoms with Gasteiger partial charge in [0.05, 0.1) is 17.2 Å². The minimum atomic E-state index is -0.134. The van der Waals surface area contributed by atoms with Crippen LogP contribution in [0.15, 0.2) is 22.5 Å². The summed E-state index contributed by atoms with van der Waals surface area (Å²) in [7, 11) is 0. The lowest BCUT2D eigenvalue weighted by atomic mass is 10.2. The number of hydrogen-bond acceptors (Lipinski definition) is 7. The van der Waals surface area contributed by atoms with Gasteiger partial charge in [-0.25, -0.2) is 9.97 Å². The maximum atomic E-state index is 12.2. The number of nitrogens with one attached hydrogen (secondary N) is 1. The van der Waals surface area contributed by atoms with Gasteiger partial charge in [-0.05, 0) is 6.92 Å². The van der Waals surface area contributed by atoms with E-state index >= 15 is 0 Å². The second-order valence-corrected chi connectivity index (χ2v) is 6.91. The fourth-order valence-electron chi connectivity index (χ4n) is 2.51. The van der Waals surface area contributed by atoms with E-state index in [4.69, 9.17) is 0 Å². The van der Waals surface area contributed by atoms with Gasteiger partial charge < -0.3 is 5.32 Å². The number of carbonyl (C=O) groups is 1. The number of nitrogens with zero attached hydrogens (tertiary/aromatic N) is 4. The quantitative estimate of drug-likeness (QED) is 0.900. The van der Waals surface area contributed by atoms with Crippen molar-refractivity contribution in [3.63, 3.8) is 0 Å². The van der Waals surface area contributed by atoms with Gasteiger partial charge in [-0.2, -0.15) is 0 Å². The lowest BCUT2D eigenvalue weighted by molar-refractivity contribution is -0.121. The fourth-order valence-corrected chi connectivity index (χ4v) is 3.60. The number of piperazine rings is 1. The van der Waals surface area contributed by atoms with E-state index in [2.05, 4.69) is 30.5 Å². The predicted molar refractivity (Wildman–Crippen MR) is 89.2 cm³/mol. The van der Waals surface area contributed by atoms with Crippen molar-refractivity contribution < 1.29 is 4.79 Å². The highest BCUT2D eigenvalue weighted by Crippen LogP contribution is 2.14. The van der Waals surface area contributed by atoms with Crippen LogP contribution >= 0.6 is 22.7 Å². The Morgan fingerprint density at radius 3 is 2.82 bits per heavy atom. The fraction of sp³-hybridized carbons (Fsp3) is 0.500. The van der Waals surface area contributed by atoms with E-state index in [1.54, 1.807) is 17.5 Å². The number of rotatable bonds is 5. The van der Waals surface area contributed by atoms with Gasteiger partial charge in [0.1, 0.15) is 0 Å². The lowest BCUT2D eigenvalue weighted by Crippen LogP contribution is -2.52. The van der Waals surface area contributed by atoms with Crippen molar-refractivity contribution in [2.45, 2.75) is 19.5 Å². The molecule has 118 valence electrons. The molecule has 22 heavy (non-hydrogen) atoms. The van der Waals surface area contributed by atoms with Gasteiger partial charge in [0.15, 0.2) is 5.13 Å². The summed E-state index contributed by atoms with van der Waals surface area (Å²) >= 11 is 3.08. The van der Waals surface area contributed by atoms with Crippen molar-refractivity contribution in [3.8, 4) is 0 Å². The highest BCUT2D eigenvalue weighted by Gasteiger charge is 2.26. The average molecular weight is 337 g/mol. The van der Waals surface area contributed by atoms with Crippen LogP contribution in [0.5, 0.6) is 0 Å². The zero-order chi connectivity index (χ0) is 15.4. The minimum Gasteiger partial charge on any atom is -0.301 e.